The van der Waals surface area contributed by atoms with E-state index in [1.54, 1.807) is 17.4 Å². The van der Waals surface area contributed by atoms with Crippen LogP contribution in [0.4, 0.5) is 10.1 Å². The van der Waals surface area contributed by atoms with E-state index in [2.05, 4.69) is 22.4 Å². The number of benzene rings is 1. The van der Waals surface area contributed by atoms with Crippen molar-refractivity contribution in [1.29, 1.82) is 0 Å². The number of thiophene rings is 1. The highest BCUT2D eigenvalue weighted by Crippen LogP contribution is 2.31. The molecular formula is C15H17FN2S. The van der Waals surface area contributed by atoms with Gasteiger partial charge >= 0.3 is 0 Å². The lowest BCUT2D eigenvalue weighted by molar-refractivity contribution is 0.248. The van der Waals surface area contributed by atoms with Crippen LogP contribution in [0.1, 0.15) is 23.3 Å². The molecule has 19 heavy (non-hydrogen) atoms. The standard InChI is InChI=1S/C15H17FN2S/c16-12-6-11(7-13(17)8-12)9-18(14-3-4-14)10-15-2-1-5-19-15/h1-2,5-8,14H,3-4,9-10,17H2. The summed E-state index contributed by atoms with van der Waals surface area (Å²) >= 11 is 1.77. The van der Waals surface area contributed by atoms with Gasteiger partial charge < -0.3 is 5.73 Å². The van der Waals surface area contributed by atoms with Crippen LogP contribution < -0.4 is 5.73 Å². The molecule has 0 aliphatic heterocycles. The lowest BCUT2D eigenvalue weighted by Crippen LogP contribution is -2.24. The molecule has 1 aromatic carbocycles. The van der Waals surface area contributed by atoms with Crippen LogP contribution in [-0.4, -0.2) is 10.9 Å². The fourth-order valence-electron chi connectivity index (χ4n) is 2.36. The van der Waals surface area contributed by atoms with Crippen molar-refractivity contribution in [3.8, 4) is 0 Å². The summed E-state index contributed by atoms with van der Waals surface area (Å²) in [6.45, 7) is 1.71. The van der Waals surface area contributed by atoms with Crippen LogP contribution in [0, 0.1) is 5.82 Å². The predicted octanol–water partition coefficient (Wildman–Crippen LogP) is 3.63. The van der Waals surface area contributed by atoms with Crippen molar-refractivity contribution >= 4 is 17.0 Å². The summed E-state index contributed by atoms with van der Waals surface area (Å²) in [6.07, 6.45) is 2.49. The molecule has 2 aromatic rings. The second-order valence-corrected chi connectivity index (χ2v) is 6.14. The first kappa shape index (κ1) is 12.6. The second-order valence-electron chi connectivity index (χ2n) is 5.11. The lowest BCUT2D eigenvalue weighted by Gasteiger charge is -2.21. The van der Waals surface area contributed by atoms with E-state index in [0.29, 0.717) is 11.7 Å². The van der Waals surface area contributed by atoms with E-state index >= 15 is 0 Å². The molecule has 100 valence electrons. The Bertz CT molecular complexity index is 529. The zero-order valence-corrected chi connectivity index (χ0v) is 11.5. The van der Waals surface area contributed by atoms with Gasteiger partial charge in [0.2, 0.25) is 0 Å². The van der Waals surface area contributed by atoms with Crippen molar-refractivity contribution < 1.29 is 4.39 Å². The van der Waals surface area contributed by atoms with Gasteiger partial charge in [0.05, 0.1) is 0 Å². The lowest BCUT2D eigenvalue weighted by atomic mass is 10.1. The average molecular weight is 276 g/mol. The molecule has 1 aromatic heterocycles. The Hall–Kier alpha value is -1.39. The molecule has 2 N–H and O–H groups in total. The molecule has 1 aliphatic rings. The van der Waals surface area contributed by atoms with E-state index in [0.717, 1.165) is 18.7 Å². The van der Waals surface area contributed by atoms with Gasteiger partial charge in [-0.05, 0) is 48.1 Å². The van der Waals surface area contributed by atoms with E-state index in [9.17, 15) is 4.39 Å². The van der Waals surface area contributed by atoms with Crippen LogP contribution in [0.3, 0.4) is 0 Å². The Labute approximate surface area is 116 Å². The van der Waals surface area contributed by atoms with Gasteiger partial charge in [-0.25, -0.2) is 4.39 Å². The molecule has 0 saturated heterocycles. The van der Waals surface area contributed by atoms with E-state index in [1.807, 2.05) is 6.07 Å². The first-order chi connectivity index (χ1) is 9.20. The second kappa shape index (κ2) is 5.31. The summed E-state index contributed by atoms with van der Waals surface area (Å²) in [6, 6.07) is 9.69. The third-order valence-corrected chi connectivity index (χ3v) is 4.23. The topological polar surface area (TPSA) is 29.3 Å². The minimum atomic E-state index is -0.248. The zero-order chi connectivity index (χ0) is 13.2. The largest absolute Gasteiger partial charge is 0.399 e. The van der Waals surface area contributed by atoms with Crippen LogP contribution in [0.25, 0.3) is 0 Å². The number of anilines is 1. The SMILES string of the molecule is Nc1cc(F)cc(CN(Cc2cccs2)C2CC2)c1. The molecule has 1 saturated carbocycles. The van der Waals surface area contributed by atoms with Crippen LogP contribution in [0.5, 0.6) is 0 Å². The molecule has 0 radical (unpaired) electrons. The molecule has 4 heteroatoms. The number of hydrogen-bond acceptors (Lipinski definition) is 3. The normalized spacial score (nSPS) is 15.1. The Balaban J connectivity index is 1.74. The van der Waals surface area contributed by atoms with Gasteiger partial charge in [-0.2, -0.15) is 0 Å². The fraction of sp³-hybridized carbons (Fsp3) is 0.333. The molecule has 0 spiro atoms. The Morgan fingerprint density at radius 3 is 2.74 bits per heavy atom. The maximum Gasteiger partial charge on any atom is 0.125 e. The highest BCUT2D eigenvalue weighted by Gasteiger charge is 2.29. The highest BCUT2D eigenvalue weighted by atomic mass is 32.1. The molecule has 0 unspecified atom stereocenters. The average Bonchev–Trinajstić information content (AvgIpc) is 3.06. The maximum absolute atomic E-state index is 13.4. The minimum absolute atomic E-state index is 0.248. The monoisotopic (exact) mass is 276 g/mol. The zero-order valence-electron chi connectivity index (χ0n) is 10.7. The fourth-order valence-corrected chi connectivity index (χ4v) is 3.09. The number of nitrogens with zero attached hydrogens (tertiary/aromatic N) is 1. The van der Waals surface area contributed by atoms with Crippen molar-refractivity contribution in [2.75, 3.05) is 5.73 Å². The van der Waals surface area contributed by atoms with Crippen LogP contribution in [0.2, 0.25) is 0 Å². The molecule has 1 aliphatic carbocycles. The first-order valence-corrected chi connectivity index (χ1v) is 7.40. The van der Waals surface area contributed by atoms with Gasteiger partial charge in [0, 0.05) is 29.7 Å². The van der Waals surface area contributed by atoms with Crippen LogP contribution in [-0.2, 0) is 13.1 Å². The van der Waals surface area contributed by atoms with Gasteiger partial charge in [-0.1, -0.05) is 6.07 Å². The first-order valence-electron chi connectivity index (χ1n) is 6.52. The molecule has 0 atom stereocenters. The number of nitrogen functional groups attached to an aromatic ring is 1. The number of rotatable bonds is 5. The summed E-state index contributed by atoms with van der Waals surface area (Å²) in [7, 11) is 0. The van der Waals surface area contributed by atoms with Crippen molar-refractivity contribution in [2.45, 2.75) is 32.0 Å². The van der Waals surface area contributed by atoms with E-state index in [4.69, 9.17) is 5.73 Å². The highest BCUT2D eigenvalue weighted by molar-refractivity contribution is 7.09. The minimum Gasteiger partial charge on any atom is -0.399 e. The van der Waals surface area contributed by atoms with Crippen molar-refractivity contribution in [2.24, 2.45) is 0 Å². The molecule has 0 bridgehead atoms. The Morgan fingerprint density at radius 2 is 2.11 bits per heavy atom. The quantitative estimate of drug-likeness (QED) is 0.845. The summed E-state index contributed by atoms with van der Waals surface area (Å²) in [5.41, 5.74) is 7.17. The third kappa shape index (κ3) is 3.33. The summed E-state index contributed by atoms with van der Waals surface area (Å²) in [5, 5.41) is 2.10. The van der Waals surface area contributed by atoms with Gasteiger partial charge in [0.25, 0.3) is 0 Å². The molecule has 0 amide bonds. The van der Waals surface area contributed by atoms with Crippen molar-refractivity contribution in [3.05, 3.63) is 52.0 Å². The van der Waals surface area contributed by atoms with E-state index in [-0.39, 0.29) is 5.82 Å². The summed E-state index contributed by atoms with van der Waals surface area (Å²) < 4.78 is 13.4. The van der Waals surface area contributed by atoms with Crippen molar-refractivity contribution in [1.82, 2.24) is 4.90 Å². The molecule has 2 nitrogen and oxygen atoms in total. The molecular weight excluding hydrogens is 259 g/mol. The van der Waals surface area contributed by atoms with Gasteiger partial charge in [0.1, 0.15) is 5.82 Å². The van der Waals surface area contributed by atoms with E-state index < -0.39 is 0 Å². The number of nitrogens with two attached hydrogens (primary N) is 1. The van der Waals surface area contributed by atoms with E-state index in [1.165, 1.54) is 23.8 Å². The van der Waals surface area contributed by atoms with Gasteiger partial charge in [-0.3, -0.25) is 4.90 Å². The van der Waals surface area contributed by atoms with Crippen LogP contribution in [0.15, 0.2) is 35.7 Å². The summed E-state index contributed by atoms with van der Waals surface area (Å²) in [4.78, 5) is 3.77. The Morgan fingerprint density at radius 1 is 1.26 bits per heavy atom. The molecule has 1 fully saturated rings. The van der Waals surface area contributed by atoms with Crippen molar-refractivity contribution in [3.63, 3.8) is 0 Å². The predicted molar refractivity (Wildman–Crippen MR) is 77.4 cm³/mol. The molecule has 1 heterocycles. The Kier molecular flexibility index (Phi) is 3.53. The number of halogens is 1. The third-order valence-electron chi connectivity index (χ3n) is 3.37. The smallest absolute Gasteiger partial charge is 0.125 e. The summed E-state index contributed by atoms with van der Waals surface area (Å²) in [5.74, 6) is -0.248. The maximum atomic E-state index is 13.4. The van der Waals surface area contributed by atoms with Gasteiger partial charge in [0.15, 0.2) is 0 Å². The van der Waals surface area contributed by atoms with Crippen LogP contribution >= 0.6 is 11.3 Å². The number of hydrogen-bond donors (Lipinski definition) is 1. The van der Waals surface area contributed by atoms with Gasteiger partial charge in [-0.15, -0.1) is 11.3 Å². The molecule has 3 rings (SSSR count).